The zero-order chi connectivity index (χ0) is 15.7. The SMILES string of the molecule is COc1c(F)cc2c(c1-c1cc(C(=O)O)no1)OCCCO2. The third-order valence-corrected chi connectivity index (χ3v) is 3.13. The molecular weight excluding hydrogens is 297 g/mol. The molecule has 1 aliphatic heterocycles. The topological polar surface area (TPSA) is 91.0 Å². The molecule has 2 heterocycles. The van der Waals surface area contributed by atoms with E-state index in [2.05, 4.69) is 5.16 Å². The Morgan fingerprint density at radius 3 is 2.82 bits per heavy atom. The zero-order valence-corrected chi connectivity index (χ0v) is 11.6. The molecule has 116 valence electrons. The van der Waals surface area contributed by atoms with E-state index in [-0.39, 0.29) is 34.3 Å². The molecule has 0 bridgehead atoms. The molecule has 1 N–H and O–H groups in total. The predicted molar refractivity (Wildman–Crippen MR) is 71.0 cm³/mol. The monoisotopic (exact) mass is 309 g/mol. The van der Waals surface area contributed by atoms with E-state index in [1.807, 2.05) is 0 Å². The van der Waals surface area contributed by atoms with Gasteiger partial charge in [0.1, 0.15) is 5.56 Å². The number of nitrogens with zero attached hydrogens (tertiary/aromatic N) is 1. The summed E-state index contributed by atoms with van der Waals surface area (Å²) in [4.78, 5) is 10.9. The number of hydrogen-bond donors (Lipinski definition) is 1. The Morgan fingerprint density at radius 2 is 2.14 bits per heavy atom. The Balaban J connectivity index is 2.22. The van der Waals surface area contributed by atoms with Gasteiger partial charge in [0, 0.05) is 18.6 Å². The van der Waals surface area contributed by atoms with E-state index in [4.69, 9.17) is 23.8 Å². The fraction of sp³-hybridized carbons (Fsp3) is 0.286. The first-order valence-corrected chi connectivity index (χ1v) is 6.48. The summed E-state index contributed by atoms with van der Waals surface area (Å²) < 4.78 is 35.3. The molecule has 2 aromatic rings. The molecule has 0 unspecified atom stereocenters. The van der Waals surface area contributed by atoms with Crippen molar-refractivity contribution in [1.29, 1.82) is 0 Å². The van der Waals surface area contributed by atoms with Crippen molar-refractivity contribution in [3.05, 3.63) is 23.6 Å². The van der Waals surface area contributed by atoms with Crippen LogP contribution in [0, 0.1) is 5.82 Å². The van der Waals surface area contributed by atoms with Gasteiger partial charge in [-0.15, -0.1) is 0 Å². The third kappa shape index (κ3) is 2.32. The van der Waals surface area contributed by atoms with Gasteiger partial charge in [0.05, 0.1) is 20.3 Å². The fourth-order valence-electron chi connectivity index (χ4n) is 2.17. The van der Waals surface area contributed by atoms with Crippen LogP contribution in [0.25, 0.3) is 11.3 Å². The molecule has 3 rings (SSSR count). The minimum absolute atomic E-state index is 0.0236. The molecule has 1 aliphatic rings. The second-order valence-electron chi connectivity index (χ2n) is 4.53. The second-order valence-corrected chi connectivity index (χ2v) is 4.53. The van der Waals surface area contributed by atoms with E-state index in [9.17, 15) is 9.18 Å². The highest BCUT2D eigenvalue weighted by Gasteiger charge is 2.27. The van der Waals surface area contributed by atoms with Crippen molar-refractivity contribution in [2.24, 2.45) is 0 Å². The minimum atomic E-state index is -1.26. The number of benzene rings is 1. The largest absolute Gasteiger partial charge is 0.493 e. The van der Waals surface area contributed by atoms with Gasteiger partial charge in [0.15, 0.2) is 34.5 Å². The molecule has 0 aliphatic carbocycles. The maximum Gasteiger partial charge on any atom is 0.358 e. The second kappa shape index (κ2) is 5.55. The van der Waals surface area contributed by atoms with E-state index in [1.165, 1.54) is 13.2 Å². The van der Waals surface area contributed by atoms with Crippen LogP contribution in [0.2, 0.25) is 0 Å². The summed E-state index contributed by atoms with van der Waals surface area (Å²) in [6, 6.07) is 2.34. The quantitative estimate of drug-likeness (QED) is 0.930. The number of carboxylic acid groups (broad SMARTS) is 1. The maximum atomic E-state index is 14.2. The molecule has 0 spiro atoms. The van der Waals surface area contributed by atoms with Crippen LogP contribution in [0.5, 0.6) is 17.2 Å². The lowest BCUT2D eigenvalue weighted by Gasteiger charge is -2.15. The summed E-state index contributed by atoms with van der Waals surface area (Å²) in [6.45, 7) is 0.754. The first-order valence-electron chi connectivity index (χ1n) is 6.48. The maximum absolute atomic E-state index is 14.2. The lowest BCUT2D eigenvalue weighted by atomic mass is 10.1. The number of aromatic nitrogens is 1. The number of rotatable bonds is 3. The van der Waals surface area contributed by atoms with Crippen molar-refractivity contribution in [3.63, 3.8) is 0 Å². The van der Waals surface area contributed by atoms with Gasteiger partial charge in [-0.1, -0.05) is 5.16 Å². The first-order chi connectivity index (χ1) is 10.6. The van der Waals surface area contributed by atoms with Crippen molar-refractivity contribution < 1.29 is 33.0 Å². The number of aromatic carboxylic acids is 1. The van der Waals surface area contributed by atoms with Gasteiger partial charge < -0.3 is 23.8 Å². The molecule has 8 heteroatoms. The number of ether oxygens (including phenoxy) is 3. The van der Waals surface area contributed by atoms with Gasteiger partial charge in [-0.05, 0) is 0 Å². The summed E-state index contributed by atoms with van der Waals surface area (Å²) in [5.41, 5.74) is -0.163. The standard InChI is InChI=1S/C14H12FNO6/c1-19-12-7(15)5-10-13(21-4-2-3-20-10)11(12)9-6-8(14(17)18)16-22-9/h5-6H,2-4H2,1H3,(H,17,18). The molecule has 1 aromatic heterocycles. The van der Waals surface area contributed by atoms with E-state index in [0.29, 0.717) is 19.6 Å². The van der Waals surface area contributed by atoms with E-state index in [0.717, 1.165) is 6.07 Å². The third-order valence-electron chi connectivity index (χ3n) is 3.13. The van der Waals surface area contributed by atoms with Crippen LogP contribution in [0.15, 0.2) is 16.7 Å². The van der Waals surface area contributed by atoms with Gasteiger partial charge in [-0.2, -0.15) is 0 Å². The summed E-state index contributed by atoms with van der Waals surface area (Å²) in [5, 5.41) is 12.3. The van der Waals surface area contributed by atoms with Crippen LogP contribution < -0.4 is 14.2 Å². The Morgan fingerprint density at radius 1 is 1.36 bits per heavy atom. The van der Waals surface area contributed by atoms with Gasteiger partial charge in [0.25, 0.3) is 0 Å². The summed E-state index contributed by atoms with van der Waals surface area (Å²) in [6.07, 6.45) is 0.634. The van der Waals surface area contributed by atoms with Gasteiger partial charge in [0.2, 0.25) is 0 Å². The number of hydrogen-bond acceptors (Lipinski definition) is 6. The van der Waals surface area contributed by atoms with Crippen molar-refractivity contribution in [3.8, 4) is 28.6 Å². The van der Waals surface area contributed by atoms with Crippen LogP contribution in [-0.2, 0) is 0 Å². The van der Waals surface area contributed by atoms with Crippen LogP contribution in [0.3, 0.4) is 0 Å². The molecule has 0 saturated carbocycles. The van der Waals surface area contributed by atoms with Crippen molar-refractivity contribution in [2.75, 3.05) is 20.3 Å². The van der Waals surface area contributed by atoms with E-state index < -0.39 is 11.8 Å². The Bertz CT molecular complexity index is 726. The average molecular weight is 309 g/mol. The summed E-state index contributed by atoms with van der Waals surface area (Å²) in [5.74, 6) is -1.58. The molecule has 7 nitrogen and oxygen atoms in total. The Kier molecular flexibility index (Phi) is 3.58. The molecule has 0 radical (unpaired) electrons. The molecule has 22 heavy (non-hydrogen) atoms. The van der Waals surface area contributed by atoms with Crippen LogP contribution in [0.1, 0.15) is 16.9 Å². The first kappa shape index (κ1) is 14.2. The Labute approximate surface area is 124 Å². The molecule has 0 fully saturated rings. The zero-order valence-electron chi connectivity index (χ0n) is 11.6. The van der Waals surface area contributed by atoms with Crippen LogP contribution in [0.4, 0.5) is 4.39 Å². The van der Waals surface area contributed by atoms with Crippen molar-refractivity contribution >= 4 is 5.97 Å². The highest BCUT2D eigenvalue weighted by Crippen LogP contribution is 2.47. The molecule has 0 amide bonds. The van der Waals surface area contributed by atoms with Crippen molar-refractivity contribution in [1.82, 2.24) is 5.16 Å². The highest BCUT2D eigenvalue weighted by atomic mass is 19.1. The number of fused-ring (bicyclic) bond motifs is 1. The number of carbonyl (C=O) groups is 1. The lowest BCUT2D eigenvalue weighted by Crippen LogP contribution is -1.99. The smallest absolute Gasteiger partial charge is 0.358 e. The Hall–Kier alpha value is -2.77. The lowest BCUT2D eigenvalue weighted by molar-refractivity contribution is 0.0686. The van der Waals surface area contributed by atoms with Gasteiger partial charge >= 0.3 is 5.97 Å². The fourth-order valence-corrected chi connectivity index (χ4v) is 2.17. The highest BCUT2D eigenvalue weighted by molar-refractivity contribution is 5.87. The normalized spacial score (nSPS) is 13.5. The van der Waals surface area contributed by atoms with E-state index in [1.54, 1.807) is 0 Å². The van der Waals surface area contributed by atoms with Crippen molar-refractivity contribution in [2.45, 2.75) is 6.42 Å². The van der Waals surface area contributed by atoms with Crippen LogP contribution >= 0.6 is 0 Å². The van der Waals surface area contributed by atoms with Crippen LogP contribution in [-0.4, -0.2) is 36.6 Å². The summed E-state index contributed by atoms with van der Waals surface area (Å²) in [7, 11) is 1.29. The molecule has 0 saturated heterocycles. The van der Waals surface area contributed by atoms with E-state index >= 15 is 0 Å². The van der Waals surface area contributed by atoms with Gasteiger partial charge in [-0.3, -0.25) is 0 Å². The number of halogens is 1. The minimum Gasteiger partial charge on any atom is -0.493 e. The average Bonchev–Trinajstić information content (AvgIpc) is 2.86. The molecular formula is C14H12FNO6. The summed E-state index contributed by atoms with van der Waals surface area (Å²) >= 11 is 0. The molecule has 1 aromatic carbocycles. The number of methoxy groups -OCH3 is 1. The number of carboxylic acids is 1. The van der Waals surface area contributed by atoms with Gasteiger partial charge in [-0.25, -0.2) is 9.18 Å². The predicted octanol–water partition coefficient (Wildman–Crippen LogP) is 2.35. The molecule has 0 atom stereocenters.